The first kappa shape index (κ1) is 14.3. The Hall–Kier alpha value is -3.13. The molecule has 2 rings (SSSR count). The van der Waals surface area contributed by atoms with E-state index < -0.39 is 4.92 Å². The number of benzene rings is 2. The number of nitro benzene ring substituents is 1. The van der Waals surface area contributed by atoms with Gasteiger partial charge < -0.3 is 4.74 Å². The zero-order valence-corrected chi connectivity index (χ0v) is 11.3. The van der Waals surface area contributed by atoms with Gasteiger partial charge >= 0.3 is 5.69 Å². The van der Waals surface area contributed by atoms with Crippen molar-refractivity contribution < 1.29 is 9.66 Å². The molecule has 0 aliphatic heterocycles. The first-order valence-corrected chi connectivity index (χ1v) is 6.16. The third-order valence-corrected chi connectivity index (χ3v) is 2.92. The molecule has 104 valence electrons. The molecule has 5 nitrogen and oxygen atoms in total. The molecular formula is C16H12N2O3. The van der Waals surface area contributed by atoms with Gasteiger partial charge in [0.2, 0.25) is 5.75 Å². The van der Waals surface area contributed by atoms with Gasteiger partial charge in [0, 0.05) is 0 Å². The number of rotatable bonds is 4. The number of nitro groups is 1. The first-order valence-electron chi connectivity index (χ1n) is 6.16. The maximum Gasteiger partial charge on any atom is 0.319 e. The Labute approximate surface area is 121 Å². The molecule has 0 unspecified atom stereocenters. The smallest absolute Gasteiger partial charge is 0.319 e. The molecular weight excluding hydrogens is 268 g/mol. The van der Waals surface area contributed by atoms with Crippen molar-refractivity contribution >= 4 is 17.8 Å². The van der Waals surface area contributed by atoms with E-state index in [-0.39, 0.29) is 17.0 Å². The molecule has 0 aromatic heterocycles. The summed E-state index contributed by atoms with van der Waals surface area (Å²) in [5.74, 6) is -0.0160. The van der Waals surface area contributed by atoms with E-state index >= 15 is 0 Å². The number of hydrogen-bond acceptors (Lipinski definition) is 4. The van der Waals surface area contributed by atoms with Gasteiger partial charge in [-0.3, -0.25) is 10.1 Å². The standard InChI is InChI=1S/C16H12N2O3/c1-21-16-14(11-17)10-9-13(15(16)18(19)20)8-7-12-5-3-2-4-6-12/h2-10H,1H3. The van der Waals surface area contributed by atoms with E-state index in [0.717, 1.165) is 5.56 Å². The van der Waals surface area contributed by atoms with Gasteiger partial charge in [-0.1, -0.05) is 36.4 Å². The van der Waals surface area contributed by atoms with E-state index in [9.17, 15) is 10.1 Å². The van der Waals surface area contributed by atoms with Crippen LogP contribution in [0.5, 0.6) is 5.75 Å². The summed E-state index contributed by atoms with van der Waals surface area (Å²) >= 11 is 0. The van der Waals surface area contributed by atoms with Crippen LogP contribution < -0.4 is 4.74 Å². The molecule has 2 aromatic carbocycles. The maximum atomic E-state index is 11.3. The van der Waals surface area contributed by atoms with Gasteiger partial charge in [0.15, 0.2) is 0 Å². The van der Waals surface area contributed by atoms with Crippen molar-refractivity contribution in [1.29, 1.82) is 5.26 Å². The summed E-state index contributed by atoms with van der Waals surface area (Å²) in [7, 11) is 1.31. The molecule has 0 saturated carbocycles. The molecule has 5 heteroatoms. The zero-order valence-electron chi connectivity index (χ0n) is 11.3. The maximum absolute atomic E-state index is 11.3. The molecule has 0 saturated heterocycles. The van der Waals surface area contributed by atoms with Gasteiger partial charge in [-0.15, -0.1) is 0 Å². The third-order valence-electron chi connectivity index (χ3n) is 2.92. The van der Waals surface area contributed by atoms with E-state index in [1.807, 2.05) is 36.4 Å². The molecule has 21 heavy (non-hydrogen) atoms. The van der Waals surface area contributed by atoms with Gasteiger partial charge in [0.25, 0.3) is 0 Å². The lowest BCUT2D eigenvalue weighted by atomic mass is 10.1. The van der Waals surface area contributed by atoms with Gasteiger partial charge in [-0.05, 0) is 23.8 Å². The van der Waals surface area contributed by atoms with Gasteiger partial charge in [-0.25, -0.2) is 0 Å². The van der Waals surface area contributed by atoms with Crippen molar-refractivity contribution in [1.82, 2.24) is 0 Å². The van der Waals surface area contributed by atoms with Crippen molar-refractivity contribution in [2.45, 2.75) is 0 Å². The van der Waals surface area contributed by atoms with E-state index in [2.05, 4.69) is 0 Å². The van der Waals surface area contributed by atoms with Crippen molar-refractivity contribution in [3.8, 4) is 11.8 Å². The summed E-state index contributed by atoms with van der Waals surface area (Å²) in [6.45, 7) is 0. The van der Waals surface area contributed by atoms with Crippen LogP contribution in [-0.4, -0.2) is 12.0 Å². The van der Waals surface area contributed by atoms with Crippen molar-refractivity contribution in [2.75, 3.05) is 7.11 Å². The number of nitriles is 1. The van der Waals surface area contributed by atoms with Crippen molar-refractivity contribution in [3.63, 3.8) is 0 Å². The second kappa shape index (κ2) is 6.35. The lowest BCUT2D eigenvalue weighted by molar-refractivity contribution is -0.386. The van der Waals surface area contributed by atoms with Crippen molar-refractivity contribution in [3.05, 3.63) is 69.3 Å². The Bertz CT molecular complexity index is 731. The second-order valence-corrected chi connectivity index (χ2v) is 4.20. The van der Waals surface area contributed by atoms with Crippen LogP contribution in [0.25, 0.3) is 12.2 Å². The molecule has 2 aromatic rings. The van der Waals surface area contributed by atoms with E-state index in [1.165, 1.54) is 13.2 Å². The molecule has 0 N–H and O–H groups in total. The molecule has 0 amide bonds. The normalized spacial score (nSPS) is 10.3. The largest absolute Gasteiger partial charge is 0.489 e. The number of hydrogen-bond donors (Lipinski definition) is 0. The number of ether oxygens (including phenoxy) is 1. The number of nitrogens with zero attached hydrogens (tertiary/aromatic N) is 2. The Morgan fingerprint density at radius 1 is 1.19 bits per heavy atom. The highest BCUT2D eigenvalue weighted by atomic mass is 16.6. The van der Waals surface area contributed by atoms with Crippen LogP contribution in [0, 0.1) is 21.4 Å². The summed E-state index contributed by atoms with van der Waals surface area (Å²) in [6, 6.07) is 14.4. The quantitative estimate of drug-likeness (QED) is 0.486. The van der Waals surface area contributed by atoms with E-state index in [0.29, 0.717) is 5.56 Å². The van der Waals surface area contributed by atoms with E-state index in [1.54, 1.807) is 18.2 Å². The fraction of sp³-hybridized carbons (Fsp3) is 0.0625. The molecule has 0 radical (unpaired) electrons. The summed E-state index contributed by atoms with van der Waals surface area (Å²) < 4.78 is 5.02. The highest BCUT2D eigenvalue weighted by Crippen LogP contribution is 2.35. The minimum atomic E-state index is -0.537. The molecule has 0 fully saturated rings. The lowest BCUT2D eigenvalue weighted by Crippen LogP contribution is -1.98. The third kappa shape index (κ3) is 3.07. The summed E-state index contributed by atoms with van der Waals surface area (Å²) in [6.07, 6.45) is 3.41. The SMILES string of the molecule is COc1c(C#N)ccc(C=Cc2ccccc2)c1[N+](=O)[O-]. The summed E-state index contributed by atoms with van der Waals surface area (Å²) in [5, 5.41) is 20.2. The lowest BCUT2D eigenvalue weighted by Gasteiger charge is -2.06. The fourth-order valence-electron chi connectivity index (χ4n) is 1.95. The summed E-state index contributed by atoms with van der Waals surface area (Å²) in [4.78, 5) is 10.7. The van der Waals surface area contributed by atoms with Crippen LogP contribution in [0.15, 0.2) is 42.5 Å². The Kier molecular flexibility index (Phi) is 4.32. The average Bonchev–Trinajstić information content (AvgIpc) is 2.52. The Morgan fingerprint density at radius 2 is 1.90 bits per heavy atom. The van der Waals surface area contributed by atoms with Crippen LogP contribution in [0.2, 0.25) is 0 Å². The van der Waals surface area contributed by atoms with Crippen LogP contribution in [0.1, 0.15) is 16.7 Å². The average molecular weight is 280 g/mol. The van der Waals surface area contributed by atoms with Gasteiger partial charge in [0.1, 0.15) is 11.6 Å². The second-order valence-electron chi connectivity index (χ2n) is 4.20. The minimum absolute atomic E-state index is 0.0160. The van der Waals surface area contributed by atoms with E-state index in [4.69, 9.17) is 10.00 Å². The first-order chi connectivity index (χ1) is 10.2. The highest BCUT2D eigenvalue weighted by Gasteiger charge is 2.22. The Morgan fingerprint density at radius 3 is 2.48 bits per heavy atom. The fourth-order valence-corrected chi connectivity index (χ4v) is 1.95. The number of methoxy groups -OCH3 is 1. The molecule has 0 aliphatic rings. The Balaban J connectivity index is 2.52. The topological polar surface area (TPSA) is 76.2 Å². The predicted molar refractivity (Wildman–Crippen MR) is 79.7 cm³/mol. The van der Waals surface area contributed by atoms with Crippen LogP contribution in [0.3, 0.4) is 0 Å². The van der Waals surface area contributed by atoms with Crippen LogP contribution in [0.4, 0.5) is 5.69 Å². The molecule has 0 heterocycles. The summed E-state index contributed by atoms with van der Waals surface area (Å²) in [5.41, 5.74) is 1.25. The monoisotopic (exact) mass is 280 g/mol. The van der Waals surface area contributed by atoms with Crippen LogP contribution in [-0.2, 0) is 0 Å². The van der Waals surface area contributed by atoms with Gasteiger partial charge in [0.05, 0.1) is 17.6 Å². The highest BCUT2D eigenvalue weighted by molar-refractivity contribution is 5.78. The van der Waals surface area contributed by atoms with Crippen molar-refractivity contribution in [2.24, 2.45) is 0 Å². The predicted octanol–water partition coefficient (Wildman–Crippen LogP) is 3.65. The minimum Gasteiger partial charge on any atom is -0.489 e. The molecule has 0 aliphatic carbocycles. The molecule has 0 bridgehead atoms. The molecule has 0 spiro atoms. The zero-order chi connectivity index (χ0) is 15.2. The molecule has 0 atom stereocenters. The van der Waals surface area contributed by atoms with Gasteiger partial charge in [-0.2, -0.15) is 5.26 Å². The van der Waals surface area contributed by atoms with Crippen LogP contribution >= 0.6 is 0 Å².